The number of hydrogen-bond acceptors (Lipinski definition) is 3. The van der Waals surface area contributed by atoms with Gasteiger partial charge in [-0.3, -0.25) is 0 Å². The fourth-order valence-electron chi connectivity index (χ4n) is 2.33. The van der Waals surface area contributed by atoms with Crippen molar-refractivity contribution in [1.82, 2.24) is 10.3 Å². The molecule has 0 saturated carbocycles. The molecule has 6 heteroatoms. The van der Waals surface area contributed by atoms with Crippen molar-refractivity contribution in [3.8, 4) is 10.4 Å². The Labute approximate surface area is 160 Å². The van der Waals surface area contributed by atoms with E-state index in [-0.39, 0.29) is 0 Å². The van der Waals surface area contributed by atoms with Crippen LogP contribution in [0.2, 0.25) is 15.1 Å². The van der Waals surface area contributed by atoms with Crippen LogP contribution < -0.4 is 5.32 Å². The average Bonchev–Trinajstić information content (AvgIpc) is 3.03. The maximum Gasteiger partial charge on any atom is 0.107 e. The van der Waals surface area contributed by atoms with Crippen LogP contribution in [0.1, 0.15) is 10.6 Å². The molecule has 124 valence electrons. The van der Waals surface area contributed by atoms with Gasteiger partial charge in [-0.25, -0.2) is 4.98 Å². The van der Waals surface area contributed by atoms with Crippen LogP contribution in [-0.2, 0) is 13.0 Å². The minimum absolute atomic E-state index is 0.559. The molecule has 0 amide bonds. The minimum Gasteiger partial charge on any atom is -0.310 e. The Kier molecular flexibility index (Phi) is 6.14. The van der Waals surface area contributed by atoms with Crippen molar-refractivity contribution in [2.45, 2.75) is 13.0 Å². The van der Waals surface area contributed by atoms with Gasteiger partial charge in [-0.2, -0.15) is 0 Å². The third-order valence-electron chi connectivity index (χ3n) is 3.53. The van der Waals surface area contributed by atoms with Gasteiger partial charge >= 0.3 is 0 Å². The summed E-state index contributed by atoms with van der Waals surface area (Å²) in [5.74, 6) is 0. The number of aromatic nitrogens is 1. The van der Waals surface area contributed by atoms with E-state index in [2.05, 4.69) is 16.4 Å². The van der Waals surface area contributed by atoms with Crippen LogP contribution in [0.15, 0.2) is 48.7 Å². The molecule has 0 unspecified atom stereocenters. The highest BCUT2D eigenvalue weighted by Crippen LogP contribution is 2.36. The summed E-state index contributed by atoms with van der Waals surface area (Å²) >= 11 is 19.9. The smallest absolute Gasteiger partial charge is 0.107 e. The number of hydrogen-bond donors (Lipinski definition) is 1. The molecule has 0 spiro atoms. The van der Waals surface area contributed by atoms with Crippen molar-refractivity contribution in [3.63, 3.8) is 0 Å². The zero-order valence-corrected chi connectivity index (χ0v) is 15.8. The maximum atomic E-state index is 6.26. The van der Waals surface area contributed by atoms with Gasteiger partial charge in [-0.05, 0) is 36.7 Å². The normalized spacial score (nSPS) is 11.0. The molecule has 2 aromatic carbocycles. The fraction of sp³-hybridized carbons (Fsp3) is 0.167. The third-order valence-corrected chi connectivity index (χ3v) is 5.61. The van der Waals surface area contributed by atoms with E-state index in [4.69, 9.17) is 34.8 Å². The van der Waals surface area contributed by atoms with E-state index in [1.807, 2.05) is 36.5 Å². The highest BCUT2D eigenvalue weighted by Gasteiger charge is 2.10. The van der Waals surface area contributed by atoms with Gasteiger partial charge in [0.15, 0.2) is 0 Å². The predicted octanol–water partition coefficient (Wildman–Crippen LogP) is 6.10. The lowest BCUT2D eigenvalue weighted by molar-refractivity contribution is 0.684. The largest absolute Gasteiger partial charge is 0.310 e. The van der Waals surface area contributed by atoms with E-state index in [0.717, 1.165) is 40.0 Å². The molecule has 1 N–H and O–H groups in total. The number of nitrogens with zero attached hydrogens (tertiary/aromatic N) is 1. The van der Waals surface area contributed by atoms with Gasteiger partial charge in [0.1, 0.15) is 5.01 Å². The van der Waals surface area contributed by atoms with Gasteiger partial charge in [-0.1, -0.05) is 59.1 Å². The summed E-state index contributed by atoms with van der Waals surface area (Å²) in [5.41, 5.74) is 2.15. The Morgan fingerprint density at radius 3 is 2.71 bits per heavy atom. The standard InChI is InChI=1S/C18H15Cl3N2S/c19-13-4-1-3-12(9-13)7-8-22-11-17-23-10-16(24-17)14-5-2-6-15(20)18(14)21/h1-6,9-10,22H,7-8,11H2. The van der Waals surface area contributed by atoms with Crippen molar-refractivity contribution < 1.29 is 0 Å². The molecule has 0 aliphatic carbocycles. The van der Waals surface area contributed by atoms with Gasteiger partial charge in [-0.15, -0.1) is 11.3 Å². The highest BCUT2D eigenvalue weighted by molar-refractivity contribution is 7.15. The minimum atomic E-state index is 0.559. The molecule has 0 radical (unpaired) electrons. The van der Waals surface area contributed by atoms with Crippen LogP contribution in [0.4, 0.5) is 0 Å². The van der Waals surface area contributed by atoms with Crippen molar-refractivity contribution in [2.75, 3.05) is 6.54 Å². The topological polar surface area (TPSA) is 24.9 Å². The second kappa shape index (κ2) is 8.32. The molecule has 24 heavy (non-hydrogen) atoms. The molecule has 0 atom stereocenters. The Morgan fingerprint density at radius 1 is 1.04 bits per heavy atom. The van der Waals surface area contributed by atoms with Crippen LogP contribution in [0.3, 0.4) is 0 Å². The Balaban J connectivity index is 1.56. The quantitative estimate of drug-likeness (QED) is 0.508. The monoisotopic (exact) mass is 396 g/mol. The highest BCUT2D eigenvalue weighted by atomic mass is 35.5. The van der Waals surface area contributed by atoms with Gasteiger partial charge in [0.05, 0.1) is 14.9 Å². The number of halogens is 3. The molecule has 0 aliphatic heterocycles. The second-order valence-electron chi connectivity index (χ2n) is 5.28. The zero-order chi connectivity index (χ0) is 16.9. The van der Waals surface area contributed by atoms with E-state index in [9.17, 15) is 0 Å². The van der Waals surface area contributed by atoms with Gasteiger partial charge in [0, 0.05) is 23.3 Å². The van der Waals surface area contributed by atoms with E-state index >= 15 is 0 Å². The molecule has 0 bridgehead atoms. The van der Waals surface area contributed by atoms with E-state index in [1.165, 1.54) is 5.56 Å². The second-order valence-corrected chi connectivity index (χ2v) is 7.61. The lowest BCUT2D eigenvalue weighted by atomic mass is 10.1. The average molecular weight is 398 g/mol. The molecule has 3 aromatic rings. The van der Waals surface area contributed by atoms with Gasteiger partial charge in [0.25, 0.3) is 0 Å². The summed E-state index contributed by atoms with van der Waals surface area (Å²) < 4.78 is 0. The fourth-order valence-corrected chi connectivity index (χ4v) is 3.92. The van der Waals surface area contributed by atoms with E-state index < -0.39 is 0 Å². The van der Waals surface area contributed by atoms with Crippen LogP contribution in [-0.4, -0.2) is 11.5 Å². The SMILES string of the molecule is Clc1cccc(CCNCc2ncc(-c3cccc(Cl)c3Cl)s2)c1. The summed E-state index contributed by atoms with van der Waals surface area (Å²) in [5, 5.41) is 6.33. The molecule has 0 saturated heterocycles. The Bertz CT molecular complexity index is 833. The predicted molar refractivity (Wildman–Crippen MR) is 104 cm³/mol. The first kappa shape index (κ1) is 17.7. The first-order valence-corrected chi connectivity index (χ1v) is 9.43. The summed E-state index contributed by atoms with van der Waals surface area (Å²) in [6.07, 6.45) is 2.77. The number of thiazole rings is 1. The first-order valence-electron chi connectivity index (χ1n) is 7.48. The Morgan fingerprint density at radius 2 is 1.88 bits per heavy atom. The summed E-state index contributed by atoms with van der Waals surface area (Å²) in [6, 6.07) is 13.6. The number of nitrogens with one attached hydrogen (secondary N) is 1. The van der Waals surface area contributed by atoms with Crippen molar-refractivity contribution in [3.05, 3.63) is 74.3 Å². The van der Waals surface area contributed by atoms with Crippen LogP contribution in [0, 0.1) is 0 Å². The van der Waals surface area contributed by atoms with E-state index in [0.29, 0.717) is 10.0 Å². The van der Waals surface area contributed by atoms with Gasteiger partial charge < -0.3 is 5.32 Å². The maximum absolute atomic E-state index is 6.26. The molecule has 1 aromatic heterocycles. The number of rotatable bonds is 6. The van der Waals surface area contributed by atoms with E-state index in [1.54, 1.807) is 17.4 Å². The molecule has 0 aliphatic rings. The van der Waals surface area contributed by atoms with Crippen LogP contribution in [0.5, 0.6) is 0 Å². The molecular formula is C18H15Cl3N2S. The molecule has 2 nitrogen and oxygen atoms in total. The Hall–Kier alpha value is -1.10. The van der Waals surface area contributed by atoms with Crippen LogP contribution >= 0.6 is 46.1 Å². The molecule has 3 rings (SSSR count). The first-order chi connectivity index (χ1) is 11.6. The van der Waals surface area contributed by atoms with Crippen molar-refractivity contribution in [2.24, 2.45) is 0 Å². The van der Waals surface area contributed by atoms with Crippen LogP contribution in [0.25, 0.3) is 10.4 Å². The molecule has 1 heterocycles. The van der Waals surface area contributed by atoms with Gasteiger partial charge in [0.2, 0.25) is 0 Å². The summed E-state index contributed by atoms with van der Waals surface area (Å²) in [6.45, 7) is 1.59. The lowest BCUT2D eigenvalue weighted by Crippen LogP contribution is -2.16. The summed E-state index contributed by atoms with van der Waals surface area (Å²) in [7, 11) is 0. The third kappa shape index (κ3) is 4.50. The summed E-state index contributed by atoms with van der Waals surface area (Å²) in [4.78, 5) is 5.48. The molecular weight excluding hydrogens is 383 g/mol. The van der Waals surface area contributed by atoms with Crippen molar-refractivity contribution in [1.29, 1.82) is 0 Å². The molecule has 0 fully saturated rings. The van der Waals surface area contributed by atoms with Crippen molar-refractivity contribution >= 4 is 46.1 Å². The number of benzene rings is 2. The lowest BCUT2D eigenvalue weighted by Gasteiger charge is -2.04. The zero-order valence-electron chi connectivity index (χ0n) is 12.7.